The molecule has 0 aromatic carbocycles. The third kappa shape index (κ3) is 4.31. The van der Waals surface area contributed by atoms with E-state index in [-0.39, 0.29) is 0 Å². The average molecular weight is 291 g/mol. The Labute approximate surface area is 128 Å². The van der Waals surface area contributed by atoms with Gasteiger partial charge in [0.05, 0.1) is 13.1 Å². The first-order chi connectivity index (χ1) is 10.2. The molecule has 1 saturated carbocycles. The Kier molecular flexibility index (Phi) is 4.99. The summed E-state index contributed by atoms with van der Waals surface area (Å²) < 4.78 is 6.00. The highest BCUT2D eigenvalue weighted by Crippen LogP contribution is 2.30. The summed E-state index contributed by atoms with van der Waals surface area (Å²) in [5, 5.41) is 3.34. The maximum atomic E-state index is 6.00. The maximum absolute atomic E-state index is 6.00. The highest BCUT2D eigenvalue weighted by atomic mass is 16.3. The van der Waals surface area contributed by atoms with Crippen LogP contribution in [0.5, 0.6) is 0 Å². The van der Waals surface area contributed by atoms with E-state index < -0.39 is 0 Å². The molecule has 1 aliphatic heterocycles. The molecular weight excluding hydrogens is 262 g/mol. The summed E-state index contributed by atoms with van der Waals surface area (Å²) >= 11 is 0. The summed E-state index contributed by atoms with van der Waals surface area (Å²) in [6, 6.07) is 2.21. The standard InChI is InChI=1S/C17H29N3O/c1-3-18-11-17-14(2)10-16(21-17)13-20-8-6-19(7-9-20)12-15-4-5-15/h10,15,18H,3-9,11-13H2,1-2H3. The van der Waals surface area contributed by atoms with Gasteiger partial charge in [0, 0.05) is 32.7 Å². The molecule has 21 heavy (non-hydrogen) atoms. The summed E-state index contributed by atoms with van der Waals surface area (Å²) in [7, 11) is 0. The smallest absolute Gasteiger partial charge is 0.120 e. The van der Waals surface area contributed by atoms with Gasteiger partial charge in [0.25, 0.3) is 0 Å². The van der Waals surface area contributed by atoms with Gasteiger partial charge in [-0.05, 0) is 43.9 Å². The highest BCUT2D eigenvalue weighted by Gasteiger charge is 2.26. The zero-order valence-corrected chi connectivity index (χ0v) is 13.5. The van der Waals surface area contributed by atoms with Crippen LogP contribution in [-0.2, 0) is 13.1 Å². The van der Waals surface area contributed by atoms with Crippen molar-refractivity contribution in [2.24, 2.45) is 5.92 Å². The Morgan fingerprint density at radius 2 is 1.90 bits per heavy atom. The SMILES string of the molecule is CCNCc1oc(CN2CCN(CC3CC3)CC2)cc1C. The third-order valence-corrected chi connectivity index (χ3v) is 4.66. The average Bonchev–Trinajstić information content (AvgIpc) is 3.22. The molecule has 2 aliphatic rings. The largest absolute Gasteiger partial charge is 0.463 e. The lowest BCUT2D eigenvalue weighted by Gasteiger charge is -2.34. The van der Waals surface area contributed by atoms with Crippen LogP contribution in [0.4, 0.5) is 0 Å². The second-order valence-electron chi connectivity index (χ2n) is 6.62. The molecule has 118 valence electrons. The molecule has 2 fully saturated rings. The van der Waals surface area contributed by atoms with Crippen LogP contribution < -0.4 is 5.32 Å². The van der Waals surface area contributed by atoms with Gasteiger partial charge in [-0.2, -0.15) is 0 Å². The van der Waals surface area contributed by atoms with Gasteiger partial charge in [0.1, 0.15) is 11.5 Å². The fourth-order valence-electron chi connectivity index (χ4n) is 3.10. The second-order valence-corrected chi connectivity index (χ2v) is 6.62. The van der Waals surface area contributed by atoms with Crippen LogP contribution in [0.1, 0.15) is 36.8 Å². The summed E-state index contributed by atoms with van der Waals surface area (Å²) in [4.78, 5) is 5.16. The van der Waals surface area contributed by atoms with E-state index in [9.17, 15) is 0 Å². The topological polar surface area (TPSA) is 31.7 Å². The van der Waals surface area contributed by atoms with Crippen molar-refractivity contribution in [3.05, 3.63) is 23.2 Å². The summed E-state index contributed by atoms with van der Waals surface area (Å²) in [6.45, 7) is 13.2. The Morgan fingerprint density at radius 1 is 1.19 bits per heavy atom. The van der Waals surface area contributed by atoms with E-state index in [4.69, 9.17) is 4.42 Å². The normalized spacial score (nSPS) is 21.0. The molecule has 1 saturated heterocycles. The number of furan rings is 1. The molecule has 4 nitrogen and oxygen atoms in total. The zero-order chi connectivity index (χ0) is 14.7. The van der Waals surface area contributed by atoms with Crippen LogP contribution in [-0.4, -0.2) is 49.1 Å². The lowest BCUT2D eigenvalue weighted by atomic mass is 10.2. The number of nitrogens with zero attached hydrogens (tertiary/aromatic N) is 2. The Bertz CT molecular complexity index is 445. The summed E-state index contributed by atoms with van der Waals surface area (Å²) in [5.74, 6) is 3.23. The van der Waals surface area contributed by atoms with Crippen LogP contribution in [0.25, 0.3) is 0 Å². The molecule has 0 spiro atoms. The lowest BCUT2D eigenvalue weighted by molar-refractivity contribution is 0.117. The van der Waals surface area contributed by atoms with Gasteiger partial charge in [-0.3, -0.25) is 4.90 Å². The predicted octanol–water partition coefficient (Wildman–Crippen LogP) is 2.23. The van der Waals surface area contributed by atoms with Crippen molar-refractivity contribution in [3.63, 3.8) is 0 Å². The minimum Gasteiger partial charge on any atom is -0.463 e. The fourth-order valence-corrected chi connectivity index (χ4v) is 3.10. The lowest BCUT2D eigenvalue weighted by Crippen LogP contribution is -2.46. The highest BCUT2D eigenvalue weighted by molar-refractivity contribution is 5.20. The number of rotatable bonds is 7. The van der Waals surface area contributed by atoms with Gasteiger partial charge >= 0.3 is 0 Å². The van der Waals surface area contributed by atoms with Gasteiger partial charge in [0.15, 0.2) is 0 Å². The molecule has 0 radical (unpaired) electrons. The number of hydrogen-bond acceptors (Lipinski definition) is 4. The van der Waals surface area contributed by atoms with E-state index >= 15 is 0 Å². The predicted molar refractivity (Wildman–Crippen MR) is 85.3 cm³/mol. The van der Waals surface area contributed by atoms with Gasteiger partial charge in [-0.25, -0.2) is 0 Å². The van der Waals surface area contributed by atoms with Crippen LogP contribution in [0.15, 0.2) is 10.5 Å². The van der Waals surface area contributed by atoms with Crippen LogP contribution in [0, 0.1) is 12.8 Å². The van der Waals surface area contributed by atoms with Crippen LogP contribution in [0.3, 0.4) is 0 Å². The van der Waals surface area contributed by atoms with Gasteiger partial charge in [0.2, 0.25) is 0 Å². The van der Waals surface area contributed by atoms with E-state index in [1.165, 1.54) is 51.1 Å². The molecule has 0 amide bonds. The number of nitrogens with one attached hydrogen (secondary N) is 1. The number of piperazine rings is 1. The molecule has 0 bridgehead atoms. The van der Waals surface area contributed by atoms with E-state index in [0.717, 1.165) is 37.1 Å². The molecule has 4 heteroatoms. The minimum absolute atomic E-state index is 0.845. The van der Waals surface area contributed by atoms with Crippen molar-refractivity contribution in [2.75, 3.05) is 39.3 Å². The first kappa shape index (κ1) is 15.1. The first-order valence-corrected chi connectivity index (χ1v) is 8.48. The van der Waals surface area contributed by atoms with E-state index in [1.54, 1.807) is 0 Å². The first-order valence-electron chi connectivity index (χ1n) is 8.48. The summed E-state index contributed by atoms with van der Waals surface area (Å²) in [5.41, 5.74) is 1.28. The van der Waals surface area contributed by atoms with Gasteiger partial charge < -0.3 is 14.6 Å². The minimum atomic E-state index is 0.845. The quantitative estimate of drug-likeness (QED) is 0.835. The van der Waals surface area contributed by atoms with E-state index in [0.29, 0.717) is 0 Å². The van der Waals surface area contributed by atoms with Crippen molar-refractivity contribution in [3.8, 4) is 0 Å². The van der Waals surface area contributed by atoms with Crippen LogP contribution in [0.2, 0.25) is 0 Å². The van der Waals surface area contributed by atoms with Crippen molar-refractivity contribution in [2.45, 2.75) is 39.8 Å². The molecule has 1 aliphatic carbocycles. The van der Waals surface area contributed by atoms with Crippen molar-refractivity contribution >= 4 is 0 Å². The fraction of sp³-hybridized carbons (Fsp3) is 0.765. The molecular formula is C17H29N3O. The molecule has 2 heterocycles. The molecule has 0 unspecified atom stereocenters. The maximum Gasteiger partial charge on any atom is 0.120 e. The van der Waals surface area contributed by atoms with Gasteiger partial charge in [-0.15, -0.1) is 0 Å². The van der Waals surface area contributed by atoms with Crippen LogP contribution >= 0.6 is 0 Å². The molecule has 3 rings (SSSR count). The molecule has 1 aromatic rings. The second kappa shape index (κ2) is 6.95. The van der Waals surface area contributed by atoms with Crippen molar-refractivity contribution in [1.29, 1.82) is 0 Å². The van der Waals surface area contributed by atoms with Gasteiger partial charge in [-0.1, -0.05) is 6.92 Å². The number of aryl methyl sites for hydroxylation is 1. The zero-order valence-electron chi connectivity index (χ0n) is 13.5. The Hall–Kier alpha value is -0.840. The number of hydrogen-bond donors (Lipinski definition) is 1. The monoisotopic (exact) mass is 291 g/mol. The van der Waals surface area contributed by atoms with E-state index in [1.807, 2.05) is 0 Å². The van der Waals surface area contributed by atoms with Crippen molar-refractivity contribution in [1.82, 2.24) is 15.1 Å². The third-order valence-electron chi connectivity index (χ3n) is 4.66. The van der Waals surface area contributed by atoms with E-state index in [2.05, 4.69) is 35.0 Å². The van der Waals surface area contributed by atoms with Crippen molar-refractivity contribution < 1.29 is 4.42 Å². The summed E-state index contributed by atoms with van der Waals surface area (Å²) in [6.07, 6.45) is 2.92. The molecule has 0 atom stereocenters. The molecule has 1 N–H and O–H groups in total. The Morgan fingerprint density at radius 3 is 2.57 bits per heavy atom. The Balaban J connectivity index is 1.46. The molecule has 1 aromatic heterocycles.